The predicted octanol–water partition coefficient (Wildman–Crippen LogP) is 5.21. The molecule has 0 fully saturated rings. The van der Waals surface area contributed by atoms with Crippen molar-refractivity contribution in [3.8, 4) is 0 Å². The molecule has 0 aliphatic heterocycles. The first kappa shape index (κ1) is 15.4. The van der Waals surface area contributed by atoms with E-state index >= 15 is 0 Å². The molecule has 0 saturated heterocycles. The van der Waals surface area contributed by atoms with Crippen LogP contribution in [0.2, 0.25) is 0 Å². The molecule has 1 aromatic rings. The number of aryl methyl sites for hydroxylation is 1. The van der Waals surface area contributed by atoms with E-state index in [2.05, 4.69) is 19.2 Å². The fraction of sp³-hybridized carbons (Fsp3) is 0.600. The minimum Gasteiger partial charge on any atom is -0.374 e. The lowest BCUT2D eigenvalue weighted by Gasteiger charge is -2.13. The summed E-state index contributed by atoms with van der Waals surface area (Å²) in [6, 6.07) is 5.31. The van der Waals surface area contributed by atoms with Crippen LogP contribution in [0, 0.1) is 12.7 Å². The molecule has 0 saturated carbocycles. The molecular weight excluding hydrogens is 245 g/mol. The minimum absolute atomic E-state index is 0.158. The first-order valence-corrected chi connectivity index (χ1v) is 7.80. The number of unbranched alkanes of at least 4 members (excludes halogenated alkanes) is 2. The zero-order chi connectivity index (χ0) is 13.4. The molecule has 0 spiro atoms. The van der Waals surface area contributed by atoms with Crippen molar-refractivity contribution < 1.29 is 4.39 Å². The van der Waals surface area contributed by atoms with Gasteiger partial charge in [0.1, 0.15) is 5.82 Å². The highest BCUT2D eigenvalue weighted by atomic mass is 32.2. The van der Waals surface area contributed by atoms with Gasteiger partial charge in [-0.15, -0.1) is 11.8 Å². The largest absolute Gasteiger partial charge is 0.374 e. The van der Waals surface area contributed by atoms with E-state index in [9.17, 15) is 4.39 Å². The van der Waals surface area contributed by atoms with Gasteiger partial charge in [-0.2, -0.15) is 0 Å². The highest BCUT2D eigenvalue weighted by Crippen LogP contribution is 2.20. The standard InChI is InChI=1S/C15H24FNS/c1-4-5-6-7-13(3)18-11-17-15-9-8-12(2)10-14(15)16/h8-10,13,17H,4-7,11H2,1-3H3/t13-/m0/s1. The lowest BCUT2D eigenvalue weighted by molar-refractivity contribution is 0.630. The fourth-order valence-electron chi connectivity index (χ4n) is 1.79. The number of hydrogen-bond donors (Lipinski definition) is 1. The van der Waals surface area contributed by atoms with Crippen LogP contribution in [0.15, 0.2) is 18.2 Å². The second kappa shape index (κ2) is 8.41. The predicted molar refractivity (Wildman–Crippen MR) is 80.8 cm³/mol. The Morgan fingerprint density at radius 2 is 2.11 bits per heavy atom. The Balaban J connectivity index is 2.24. The molecular formula is C15H24FNS. The van der Waals surface area contributed by atoms with E-state index in [4.69, 9.17) is 0 Å². The van der Waals surface area contributed by atoms with Crippen LogP contribution in [-0.2, 0) is 0 Å². The van der Waals surface area contributed by atoms with E-state index < -0.39 is 0 Å². The number of rotatable bonds is 8. The fourth-order valence-corrected chi connectivity index (χ4v) is 2.65. The molecule has 18 heavy (non-hydrogen) atoms. The first-order chi connectivity index (χ1) is 8.63. The Labute approximate surface area is 115 Å². The zero-order valence-electron chi connectivity index (χ0n) is 11.6. The monoisotopic (exact) mass is 269 g/mol. The SMILES string of the molecule is CCCCC[C@H](C)SCNc1ccc(C)cc1F. The molecule has 1 atom stereocenters. The third kappa shape index (κ3) is 5.76. The van der Waals surface area contributed by atoms with Gasteiger partial charge in [-0.3, -0.25) is 0 Å². The molecule has 102 valence electrons. The maximum atomic E-state index is 13.6. The molecule has 0 amide bonds. The van der Waals surface area contributed by atoms with Crippen LogP contribution in [0.1, 0.15) is 45.1 Å². The van der Waals surface area contributed by atoms with Gasteiger partial charge in [-0.1, -0.05) is 39.2 Å². The van der Waals surface area contributed by atoms with Gasteiger partial charge in [0.15, 0.2) is 0 Å². The molecule has 0 aliphatic rings. The Hall–Kier alpha value is -0.700. The van der Waals surface area contributed by atoms with Crippen LogP contribution < -0.4 is 5.32 Å². The average Bonchev–Trinajstić information content (AvgIpc) is 2.32. The molecule has 0 radical (unpaired) electrons. The number of thioether (sulfide) groups is 1. The van der Waals surface area contributed by atoms with Gasteiger partial charge in [0.2, 0.25) is 0 Å². The molecule has 0 bridgehead atoms. The van der Waals surface area contributed by atoms with E-state index in [0.717, 1.165) is 11.4 Å². The molecule has 1 N–H and O–H groups in total. The molecule has 1 nitrogen and oxygen atoms in total. The molecule has 0 aliphatic carbocycles. The summed E-state index contributed by atoms with van der Waals surface area (Å²) in [6.45, 7) is 6.37. The smallest absolute Gasteiger partial charge is 0.146 e. The van der Waals surface area contributed by atoms with Crippen molar-refractivity contribution in [1.82, 2.24) is 0 Å². The summed E-state index contributed by atoms with van der Waals surface area (Å²) >= 11 is 1.86. The van der Waals surface area contributed by atoms with Crippen molar-refractivity contribution in [2.75, 3.05) is 11.2 Å². The van der Waals surface area contributed by atoms with Crippen molar-refractivity contribution in [3.63, 3.8) is 0 Å². The zero-order valence-corrected chi connectivity index (χ0v) is 12.4. The Morgan fingerprint density at radius 3 is 2.78 bits per heavy atom. The molecule has 3 heteroatoms. The Kier molecular flexibility index (Phi) is 7.18. The van der Waals surface area contributed by atoms with Crippen molar-refractivity contribution >= 4 is 17.4 Å². The van der Waals surface area contributed by atoms with Crippen molar-refractivity contribution in [2.24, 2.45) is 0 Å². The van der Waals surface area contributed by atoms with Gasteiger partial charge in [0.25, 0.3) is 0 Å². The molecule has 0 aromatic heterocycles. The maximum absolute atomic E-state index is 13.6. The van der Waals surface area contributed by atoms with Crippen LogP contribution in [0.4, 0.5) is 10.1 Å². The number of anilines is 1. The maximum Gasteiger partial charge on any atom is 0.146 e. The van der Waals surface area contributed by atoms with Gasteiger partial charge in [-0.25, -0.2) is 4.39 Å². The van der Waals surface area contributed by atoms with E-state index in [1.165, 1.54) is 25.7 Å². The van der Waals surface area contributed by atoms with E-state index in [-0.39, 0.29) is 5.82 Å². The number of halogens is 1. The highest BCUT2D eigenvalue weighted by Gasteiger charge is 2.04. The highest BCUT2D eigenvalue weighted by molar-refractivity contribution is 7.99. The summed E-state index contributed by atoms with van der Waals surface area (Å²) in [5.41, 5.74) is 1.56. The number of hydrogen-bond acceptors (Lipinski definition) is 2. The average molecular weight is 269 g/mol. The van der Waals surface area contributed by atoms with Crippen LogP contribution >= 0.6 is 11.8 Å². The van der Waals surface area contributed by atoms with Gasteiger partial charge in [-0.05, 0) is 31.0 Å². The van der Waals surface area contributed by atoms with Crippen molar-refractivity contribution in [1.29, 1.82) is 0 Å². The molecule has 0 heterocycles. The second-order valence-corrected chi connectivity index (χ2v) is 6.20. The Morgan fingerprint density at radius 1 is 1.33 bits per heavy atom. The summed E-state index contributed by atoms with van der Waals surface area (Å²) in [5, 5.41) is 3.79. The topological polar surface area (TPSA) is 12.0 Å². The first-order valence-electron chi connectivity index (χ1n) is 6.75. The van der Waals surface area contributed by atoms with Crippen LogP contribution in [0.5, 0.6) is 0 Å². The van der Waals surface area contributed by atoms with Crippen molar-refractivity contribution in [2.45, 2.75) is 51.7 Å². The Bertz CT molecular complexity index is 354. The van der Waals surface area contributed by atoms with Gasteiger partial charge >= 0.3 is 0 Å². The lowest BCUT2D eigenvalue weighted by atomic mass is 10.2. The van der Waals surface area contributed by atoms with Crippen molar-refractivity contribution in [3.05, 3.63) is 29.6 Å². The third-order valence-electron chi connectivity index (χ3n) is 2.97. The minimum atomic E-state index is -0.158. The molecule has 0 unspecified atom stereocenters. The molecule has 1 aromatic carbocycles. The van der Waals surface area contributed by atoms with E-state index in [0.29, 0.717) is 10.9 Å². The summed E-state index contributed by atoms with van der Waals surface area (Å²) in [7, 11) is 0. The second-order valence-electron chi connectivity index (χ2n) is 4.78. The van der Waals surface area contributed by atoms with Crippen LogP contribution in [-0.4, -0.2) is 11.1 Å². The lowest BCUT2D eigenvalue weighted by Crippen LogP contribution is -2.05. The van der Waals surface area contributed by atoms with Gasteiger partial charge < -0.3 is 5.32 Å². The van der Waals surface area contributed by atoms with Crippen LogP contribution in [0.25, 0.3) is 0 Å². The third-order valence-corrected chi connectivity index (χ3v) is 4.09. The van der Waals surface area contributed by atoms with E-state index in [1.54, 1.807) is 6.07 Å². The summed E-state index contributed by atoms with van der Waals surface area (Å²) in [6.07, 6.45) is 5.12. The van der Waals surface area contributed by atoms with Gasteiger partial charge in [0, 0.05) is 5.25 Å². The quantitative estimate of drug-likeness (QED) is 0.514. The summed E-state index contributed by atoms with van der Waals surface area (Å²) < 4.78 is 13.6. The normalized spacial score (nSPS) is 12.4. The number of benzene rings is 1. The van der Waals surface area contributed by atoms with Gasteiger partial charge in [0.05, 0.1) is 11.6 Å². The van der Waals surface area contributed by atoms with E-state index in [1.807, 2.05) is 30.8 Å². The molecule has 1 rings (SSSR count). The summed E-state index contributed by atoms with van der Waals surface area (Å²) in [5.74, 6) is 0.613. The summed E-state index contributed by atoms with van der Waals surface area (Å²) in [4.78, 5) is 0. The van der Waals surface area contributed by atoms with Crippen LogP contribution in [0.3, 0.4) is 0 Å². The number of nitrogens with one attached hydrogen (secondary N) is 1.